The zero-order valence-corrected chi connectivity index (χ0v) is 22.4. The summed E-state index contributed by atoms with van der Waals surface area (Å²) in [5, 5.41) is 0.576. The van der Waals surface area contributed by atoms with E-state index in [-0.39, 0.29) is 12.5 Å². The predicted molar refractivity (Wildman–Crippen MR) is 156 cm³/mol. The first kappa shape index (κ1) is 26.7. The highest BCUT2D eigenvalue weighted by Crippen LogP contribution is 2.30. The molecular weight excluding hydrogens is 496 g/mol. The largest absolute Gasteiger partial charge is 0.466 e. The molecule has 0 aliphatic heterocycles. The van der Waals surface area contributed by atoms with E-state index in [2.05, 4.69) is 33.9 Å². The molecule has 0 aliphatic rings. The van der Waals surface area contributed by atoms with Gasteiger partial charge in [0.25, 0.3) is 5.91 Å². The lowest BCUT2D eigenvalue weighted by Gasteiger charge is -2.24. The number of hydrogen-bond donors (Lipinski definition) is 0. The van der Waals surface area contributed by atoms with Crippen LogP contribution >= 0.6 is 11.6 Å². The van der Waals surface area contributed by atoms with Crippen molar-refractivity contribution in [2.45, 2.75) is 6.54 Å². The van der Waals surface area contributed by atoms with Crippen molar-refractivity contribution in [1.29, 1.82) is 0 Å². The Morgan fingerprint density at radius 2 is 1.53 bits per heavy atom. The van der Waals surface area contributed by atoms with Crippen LogP contribution in [-0.4, -0.2) is 33.1 Å². The molecule has 0 saturated heterocycles. The third-order valence-electron chi connectivity index (χ3n) is 6.16. The van der Waals surface area contributed by atoms with Crippen molar-refractivity contribution >= 4 is 40.9 Å². The second-order valence-corrected chi connectivity index (χ2v) is 9.36. The smallest absolute Gasteiger partial charge is 0.330 e. The topological polar surface area (TPSA) is 49.9 Å². The Hall–Kier alpha value is -4.35. The van der Waals surface area contributed by atoms with E-state index in [1.807, 2.05) is 74.8 Å². The number of halogens is 1. The molecule has 0 N–H and O–H groups in total. The summed E-state index contributed by atoms with van der Waals surface area (Å²) in [6.45, 7) is 0.274. The minimum atomic E-state index is -0.448. The number of benzene rings is 4. The van der Waals surface area contributed by atoms with Crippen LogP contribution in [0.3, 0.4) is 0 Å². The Morgan fingerprint density at radius 3 is 2.18 bits per heavy atom. The second-order valence-electron chi connectivity index (χ2n) is 8.96. The number of amides is 1. The second kappa shape index (κ2) is 12.3. The van der Waals surface area contributed by atoms with E-state index >= 15 is 0 Å². The third kappa shape index (κ3) is 6.50. The maximum Gasteiger partial charge on any atom is 0.330 e. The monoisotopic (exact) mass is 524 g/mol. The molecule has 4 rings (SSSR count). The molecule has 6 heteroatoms. The van der Waals surface area contributed by atoms with E-state index < -0.39 is 5.97 Å². The maximum absolute atomic E-state index is 13.6. The number of carbonyl (C=O) groups excluding carboxylic acids is 2. The fourth-order valence-electron chi connectivity index (χ4n) is 4.02. The summed E-state index contributed by atoms with van der Waals surface area (Å²) in [4.78, 5) is 29.0. The SMILES string of the molecule is COC(=O)C=Cc1cccc(N(Cc2ccc(-c3ccc(N(C)C)cc3)cc2Cl)C(=O)c2ccccc2)c1. The van der Waals surface area contributed by atoms with Crippen molar-refractivity contribution in [2.75, 3.05) is 31.0 Å². The van der Waals surface area contributed by atoms with Gasteiger partial charge in [-0.2, -0.15) is 0 Å². The van der Waals surface area contributed by atoms with Crippen LogP contribution in [0.1, 0.15) is 21.5 Å². The number of carbonyl (C=O) groups is 2. The fraction of sp³-hybridized carbons (Fsp3) is 0.125. The van der Waals surface area contributed by atoms with Gasteiger partial charge < -0.3 is 14.5 Å². The van der Waals surface area contributed by atoms with E-state index in [1.54, 1.807) is 23.1 Å². The van der Waals surface area contributed by atoms with Crippen molar-refractivity contribution < 1.29 is 14.3 Å². The number of methoxy groups -OCH3 is 1. The van der Waals surface area contributed by atoms with E-state index in [0.717, 1.165) is 27.9 Å². The molecular formula is C32H29ClN2O3. The van der Waals surface area contributed by atoms with Gasteiger partial charge in [0.15, 0.2) is 0 Å². The molecule has 0 aromatic heterocycles. The molecule has 0 bridgehead atoms. The average Bonchev–Trinajstić information content (AvgIpc) is 2.95. The third-order valence-corrected chi connectivity index (χ3v) is 6.51. The van der Waals surface area contributed by atoms with Crippen molar-refractivity contribution in [1.82, 2.24) is 0 Å². The maximum atomic E-state index is 13.6. The zero-order chi connectivity index (χ0) is 27.1. The fourth-order valence-corrected chi connectivity index (χ4v) is 4.26. The highest BCUT2D eigenvalue weighted by molar-refractivity contribution is 6.31. The zero-order valence-electron chi connectivity index (χ0n) is 21.6. The van der Waals surface area contributed by atoms with Gasteiger partial charge in [0, 0.05) is 42.1 Å². The molecule has 0 saturated carbocycles. The minimum Gasteiger partial charge on any atom is -0.466 e. The summed E-state index contributed by atoms with van der Waals surface area (Å²) in [6, 6.07) is 30.7. The van der Waals surface area contributed by atoms with Gasteiger partial charge in [-0.15, -0.1) is 0 Å². The molecule has 38 heavy (non-hydrogen) atoms. The van der Waals surface area contributed by atoms with Crippen molar-refractivity contribution in [3.8, 4) is 11.1 Å². The molecule has 0 unspecified atom stereocenters. The van der Waals surface area contributed by atoms with Crippen molar-refractivity contribution in [3.05, 3.63) is 125 Å². The van der Waals surface area contributed by atoms with E-state index in [4.69, 9.17) is 11.6 Å². The Balaban J connectivity index is 1.66. The Morgan fingerprint density at radius 1 is 0.816 bits per heavy atom. The van der Waals surface area contributed by atoms with Gasteiger partial charge in [0.1, 0.15) is 0 Å². The first-order valence-electron chi connectivity index (χ1n) is 12.1. The van der Waals surface area contributed by atoms with Crippen LogP contribution in [0.5, 0.6) is 0 Å². The molecule has 0 heterocycles. The summed E-state index contributed by atoms with van der Waals surface area (Å²) >= 11 is 6.77. The highest BCUT2D eigenvalue weighted by atomic mass is 35.5. The number of anilines is 2. The molecule has 0 atom stereocenters. The summed E-state index contributed by atoms with van der Waals surface area (Å²) in [5.74, 6) is -0.602. The van der Waals surface area contributed by atoms with Crippen LogP contribution in [0.25, 0.3) is 17.2 Å². The number of hydrogen-bond acceptors (Lipinski definition) is 4. The van der Waals surface area contributed by atoms with Gasteiger partial charge in [-0.1, -0.05) is 66.2 Å². The Kier molecular flexibility index (Phi) is 8.62. The van der Waals surface area contributed by atoms with Gasteiger partial charge in [-0.25, -0.2) is 4.79 Å². The first-order valence-corrected chi connectivity index (χ1v) is 12.5. The summed E-state index contributed by atoms with van der Waals surface area (Å²) in [7, 11) is 5.35. The molecule has 4 aromatic carbocycles. The lowest BCUT2D eigenvalue weighted by atomic mass is 10.0. The average molecular weight is 525 g/mol. The van der Waals surface area contributed by atoms with Crippen molar-refractivity contribution in [3.63, 3.8) is 0 Å². The minimum absolute atomic E-state index is 0.154. The number of ether oxygens (including phenoxy) is 1. The molecule has 192 valence electrons. The summed E-state index contributed by atoms with van der Waals surface area (Å²) in [5.41, 5.74) is 6.02. The molecule has 0 fully saturated rings. The van der Waals surface area contributed by atoms with Crippen LogP contribution in [0.4, 0.5) is 11.4 Å². The van der Waals surface area contributed by atoms with Gasteiger partial charge in [0.2, 0.25) is 0 Å². The lowest BCUT2D eigenvalue weighted by Crippen LogP contribution is -2.30. The number of esters is 1. The van der Waals surface area contributed by atoms with E-state index in [1.165, 1.54) is 13.2 Å². The van der Waals surface area contributed by atoms with Gasteiger partial charge in [-0.05, 0) is 70.8 Å². The van der Waals surface area contributed by atoms with Crippen LogP contribution in [0, 0.1) is 0 Å². The normalized spacial score (nSPS) is 10.8. The van der Waals surface area contributed by atoms with Crippen LogP contribution < -0.4 is 9.80 Å². The highest BCUT2D eigenvalue weighted by Gasteiger charge is 2.20. The summed E-state index contributed by atoms with van der Waals surface area (Å²) in [6.07, 6.45) is 3.01. The molecule has 5 nitrogen and oxygen atoms in total. The van der Waals surface area contributed by atoms with Gasteiger partial charge >= 0.3 is 5.97 Å². The molecule has 0 spiro atoms. The van der Waals surface area contributed by atoms with E-state index in [0.29, 0.717) is 16.3 Å². The molecule has 0 radical (unpaired) electrons. The number of nitrogens with zero attached hydrogens (tertiary/aromatic N) is 2. The lowest BCUT2D eigenvalue weighted by molar-refractivity contribution is -0.134. The number of rotatable bonds is 8. The van der Waals surface area contributed by atoms with Gasteiger partial charge in [-0.3, -0.25) is 4.79 Å². The predicted octanol–water partition coefficient (Wildman–Crippen LogP) is 7.11. The molecule has 0 aliphatic carbocycles. The van der Waals surface area contributed by atoms with E-state index in [9.17, 15) is 9.59 Å². The Labute approximate surface area is 228 Å². The molecule has 4 aromatic rings. The van der Waals surface area contributed by atoms with Crippen LogP contribution in [0.15, 0.2) is 103 Å². The van der Waals surface area contributed by atoms with Gasteiger partial charge in [0.05, 0.1) is 13.7 Å². The van der Waals surface area contributed by atoms with Crippen LogP contribution in [-0.2, 0) is 16.1 Å². The Bertz CT molecular complexity index is 1450. The first-order chi connectivity index (χ1) is 18.4. The quantitative estimate of drug-likeness (QED) is 0.182. The van der Waals surface area contributed by atoms with Crippen molar-refractivity contribution in [2.24, 2.45) is 0 Å². The summed E-state index contributed by atoms with van der Waals surface area (Å²) < 4.78 is 4.69. The van der Waals surface area contributed by atoms with Crippen LogP contribution in [0.2, 0.25) is 5.02 Å². The standard InChI is InChI=1S/C32H29ClN2O3/c1-34(2)28-17-15-24(16-18-28)26-13-14-27(30(33)21-26)22-35(32(37)25-9-5-4-6-10-25)29-11-7-8-23(20-29)12-19-31(36)38-3/h4-21H,22H2,1-3H3. The molecule has 1 amide bonds.